The van der Waals surface area contributed by atoms with Gasteiger partial charge >= 0.3 is 0 Å². The zero-order valence-electron chi connectivity index (χ0n) is 15.2. The number of aromatic nitrogens is 1. The number of pyridine rings is 1. The van der Waals surface area contributed by atoms with Gasteiger partial charge in [-0.05, 0) is 67.5 Å². The maximum atomic E-state index is 11.2. The van der Waals surface area contributed by atoms with E-state index in [0.717, 1.165) is 53.6 Å². The highest BCUT2D eigenvalue weighted by molar-refractivity contribution is 5.83. The van der Waals surface area contributed by atoms with E-state index in [2.05, 4.69) is 16.8 Å². The summed E-state index contributed by atoms with van der Waals surface area (Å²) in [6, 6.07) is 8.09. The van der Waals surface area contributed by atoms with Crippen LogP contribution >= 0.6 is 0 Å². The number of hydrogen-bond acceptors (Lipinski definition) is 4. The number of ether oxygens (including phenoxy) is 1. The molecule has 25 heavy (non-hydrogen) atoms. The van der Waals surface area contributed by atoms with Crippen LogP contribution in [0.4, 0.5) is 0 Å². The first-order valence-electron chi connectivity index (χ1n) is 9.56. The van der Waals surface area contributed by atoms with Crippen LogP contribution in [0.2, 0.25) is 0 Å². The number of methoxy groups -OCH3 is 1. The van der Waals surface area contributed by atoms with Crippen LogP contribution in [0.3, 0.4) is 0 Å². The fourth-order valence-corrected chi connectivity index (χ4v) is 4.94. The molecule has 4 heterocycles. The summed E-state index contributed by atoms with van der Waals surface area (Å²) < 4.78 is 5.37. The minimum absolute atomic E-state index is 0.226. The predicted octanol–water partition coefficient (Wildman–Crippen LogP) is 3.79. The summed E-state index contributed by atoms with van der Waals surface area (Å²) in [6.45, 7) is 4.55. The second-order valence-electron chi connectivity index (χ2n) is 7.62. The van der Waals surface area contributed by atoms with Gasteiger partial charge in [0, 0.05) is 24.2 Å². The summed E-state index contributed by atoms with van der Waals surface area (Å²) in [4.78, 5) is 6.97. The maximum Gasteiger partial charge on any atom is 0.119 e. The number of nitrogens with zero attached hydrogens (tertiary/aromatic N) is 2. The highest BCUT2D eigenvalue weighted by Crippen LogP contribution is 2.43. The van der Waals surface area contributed by atoms with E-state index in [0.29, 0.717) is 0 Å². The first kappa shape index (κ1) is 16.8. The van der Waals surface area contributed by atoms with Crippen molar-refractivity contribution in [1.29, 1.82) is 0 Å². The van der Waals surface area contributed by atoms with Crippen LogP contribution < -0.4 is 4.74 Å². The van der Waals surface area contributed by atoms with Crippen LogP contribution in [0, 0.1) is 11.8 Å². The Bertz CT molecular complexity index is 748. The van der Waals surface area contributed by atoms with Gasteiger partial charge in [-0.3, -0.25) is 9.88 Å². The van der Waals surface area contributed by atoms with Crippen molar-refractivity contribution in [2.75, 3.05) is 20.2 Å². The molecule has 4 nitrogen and oxygen atoms in total. The molecule has 3 aliphatic heterocycles. The zero-order valence-corrected chi connectivity index (χ0v) is 15.2. The van der Waals surface area contributed by atoms with Gasteiger partial charge in [0.05, 0.1) is 18.7 Å². The lowest BCUT2D eigenvalue weighted by Crippen LogP contribution is -2.55. The van der Waals surface area contributed by atoms with E-state index >= 15 is 0 Å². The van der Waals surface area contributed by atoms with Gasteiger partial charge in [-0.15, -0.1) is 0 Å². The Labute approximate surface area is 149 Å². The number of piperidine rings is 3. The zero-order chi connectivity index (χ0) is 17.4. The number of hydrogen-bond donors (Lipinski definition) is 1. The average molecular weight is 340 g/mol. The van der Waals surface area contributed by atoms with Crippen LogP contribution in [0.1, 0.15) is 44.3 Å². The van der Waals surface area contributed by atoms with E-state index in [-0.39, 0.29) is 6.04 Å². The lowest BCUT2D eigenvalue weighted by molar-refractivity contribution is -0.0574. The summed E-state index contributed by atoms with van der Waals surface area (Å²) in [7, 11) is 1.67. The van der Waals surface area contributed by atoms with E-state index in [4.69, 9.17) is 4.74 Å². The number of rotatable bonds is 5. The van der Waals surface area contributed by atoms with Crippen LogP contribution in [0.25, 0.3) is 10.9 Å². The smallest absolute Gasteiger partial charge is 0.119 e. The summed E-state index contributed by atoms with van der Waals surface area (Å²) in [5.41, 5.74) is 1.89. The molecule has 1 aromatic carbocycles. The Morgan fingerprint density at radius 1 is 1.36 bits per heavy atom. The highest BCUT2D eigenvalue weighted by Gasteiger charge is 2.42. The van der Waals surface area contributed by atoms with E-state index < -0.39 is 6.10 Å². The minimum atomic E-state index is -0.469. The molecule has 2 bridgehead atoms. The average Bonchev–Trinajstić information content (AvgIpc) is 2.67. The Hall–Kier alpha value is -1.65. The van der Waals surface area contributed by atoms with Crippen LogP contribution in [0.5, 0.6) is 5.75 Å². The monoisotopic (exact) mass is 340 g/mol. The molecule has 4 unspecified atom stereocenters. The molecular formula is C21H28N2O2. The van der Waals surface area contributed by atoms with Gasteiger partial charge in [0.25, 0.3) is 0 Å². The quantitative estimate of drug-likeness (QED) is 0.899. The van der Waals surface area contributed by atoms with Crippen molar-refractivity contribution in [2.24, 2.45) is 11.8 Å². The Morgan fingerprint density at radius 2 is 2.24 bits per heavy atom. The Morgan fingerprint density at radius 3 is 2.96 bits per heavy atom. The Kier molecular flexibility index (Phi) is 4.65. The number of aliphatic hydroxyl groups excluding tert-OH is 1. The highest BCUT2D eigenvalue weighted by atomic mass is 16.5. The van der Waals surface area contributed by atoms with Gasteiger partial charge in [-0.2, -0.15) is 0 Å². The SMILES string of the molecule is CCCC1CN2CCC1CC2[C@@H](O)c1ccnc2ccc(OC)cc12. The van der Waals surface area contributed by atoms with E-state index in [9.17, 15) is 5.11 Å². The molecule has 3 fully saturated rings. The molecule has 0 radical (unpaired) electrons. The van der Waals surface area contributed by atoms with Crippen molar-refractivity contribution in [3.05, 3.63) is 36.0 Å². The predicted molar refractivity (Wildman–Crippen MR) is 99.7 cm³/mol. The molecule has 4 heteroatoms. The fourth-order valence-electron chi connectivity index (χ4n) is 4.94. The molecule has 5 atom stereocenters. The third-order valence-electron chi connectivity index (χ3n) is 6.26. The third kappa shape index (κ3) is 3.02. The third-order valence-corrected chi connectivity index (χ3v) is 6.26. The molecule has 134 valence electrons. The molecule has 0 aliphatic carbocycles. The first-order valence-corrected chi connectivity index (χ1v) is 9.56. The molecule has 5 rings (SSSR count). The van der Waals surface area contributed by atoms with Crippen LogP contribution in [-0.4, -0.2) is 41.2 Å². The van der Waals surface area contributed by atoms with Gasteiger partial charge in [-0.25, -0.2) is 0 Å². The lowest BCUT2D eigenvalue weighted by atomic mass is 9.72. The van der Waals surface area contributed by atoms with Crippen molar-refractivity contribution in [2.45, 2.75) is 44.8 Å². The van der Waals surface area contributed by atoms with E-state index in [1.54, 1.807) is 7.11 Å². The summed E-state index contributed by atoms with van der Waals surface area (Å²) in [5.74, 6) is 2.39. The van der Waals surface area contributed by atoms with Crippen molar-refractivity contribution < 1.29 is 9.84 Å². The molecular weight excluding hydrogens is 312 g/mol. The molecule has 0 amide bonds. The summed E-state index contributed by atoms with van der Waals surface area (Å²) in [5, 5.41) is 12.2. The van der Waals surface area contributed by atoms with Gasteiger partial charge in [0.15, 0.2) is 0 Å². The molecule has 1 aromatic heterocycles. The second kappa shape index (κ2) is 6.93. The van der Waals surface area contributed by atoms with Gasteiger partial charge < -0.3 is 9.84 Å². The molecule has 2 aromatic rings. The number of fused-ring (bicyclic) bond motifs is 4. The maximum absolute atomic E-state index is 11.2. The molecule has 3 saturated heterocycles. The molecule has 0 spiro atoms. The van der Waals surface area contributed by atoms with Crippen LogP contribution in [-0.2, 0) is 0 Å². The lowest BCUT2D eigenvalue weighted by Gasteiger charge is -2.51. The van der Waals surface area contributed by atoms with Crippen molar-refractivity contribution in [3.63, 3.8) is 0 Å². The van der Waals surface area contributed by atoms with Gasteiger partial charge in [0.2, 0.25) is 0 Å². The molecule has 1 N–H and O–H groups in total. The number of aliphatic hydroxyl groups is 1. The Balaban J connectivity index is 1.63. The van der Waals surface area contributed by atoms with Crippen molar-refractivity contribution in [1.82, 2.24) is 9.88 Å². The van der Waals surface area contributed by atoms with E-state index in [1.807, 2.05) is 30.5 Å². The number of benzene rings is 1. The minimum Gasteiger partial charge on any atom is -0.497 e. The van der Waals surface area contributed by atoms with Gasteiger partial charge in [-0.1, -0.05) is 13.3 Å². The molecule has 3 aliphatic rings. The van der Waals surface area contributed by atoms with Crippen molar-refractivity contribution >= 4 is 10.9 Å². The summed E-state index contributed by atoms with van der Waals surface area (Å²) in [6.07, 6.45) is 6.32. The summed E-state index contributed by atoms with van der Waals surface area (Å²) >= 11 is 0. The topological polar surface area (TPSA) is 45.6 Å². The van der Waals surface area contributed by atoms with E-state index in [1.165, 1.54) is 19.3 Å². The van der Waals surface area contributed by atoms with Crippen LogP contribution in [0.15, 0.2) is 30.5 Å². The molecule has 0 saturated carbocycles. The van der Waals surface area contributed by atoms with Gasteiger partial charge in [0.1, 0.15) is 5.75 Å². The second-order valence-corrected chi connectivity index (χ2v) is 7.62. The largest absolute Gasteiger partial charge is 0.497 e. The first-order chi connectivity index (χ1) is 12.2. The normalized spacial score (nSPS) is 29.7. The fraction of sp³-hybridized carbons (Fsp3) is 0.571. The van der Waals surface area contributed by atoms with Crippen molar-refractivity contribution in [3.8, 4) is 5.75 Å². The standard InChI is InChI=1S/C21H28N2O2/c1-3-4-15-13-23-10-8-14(15)11-20(23)21(24)17-7-9-22-19-6-5-16(25-2)12-18(17)19/h5-7,9,12,14-15,20-21,24H,3-4,8,10-11,13H2,1-2H3/t14?,15?,20?,21-/m0/s1.